The van der Waals surface area contributed by atoms with Crippen LogP contribution in [0.15, 0.2) is 78.5 Å². The smallest absolute Gasteiger partial charge is 0.270 e. The van der Waals surface area contributed by atoms with E-state index in [1.807, 2.05) is 31.3 Å². The summed E-state index contributed by atoms with van der Waals surface area (Å²) >= 11 is 0. The summed E-state index contributed by atoms with van der Waals surface area (Å²) in [7, 11) is 3.56. The summed E-state index contributed by atoms with van der Waals surface area (Å²) < 4.78 is 8.90. The number of hydrogen-bond acceptors (Lipinski definition) is 10. The number of amides is 1. The first-order valence-electron chi connectivity index (χ1n) is 13.4. The van der Waals surface area contributed by atoms with E-state index >= 15 is 0 Å². The van der Waals surface area contributed by atoms with E-state index < -0.39 is 0 Å². The van der Waals surface area contributed by atoms with Gasteiger partial charge in [-0.1, -0.05) is 12.6 Å². The van der Waals surface area contributed by atoms with Crippen molar-refractivity contribution in [3.63, 3.8) is 0 Å². The first-order chi connectivity index (χ1) is 20.5. The Bertz CT molecular complexity index is 1860. The van der Waals surface area contributed by atoms with Crippen molar-refractivity contribution in [1.82, 2.24) is 34.4 Å². The van der Waals surface area contributed by atoms with Gasteiger partial charge in [0.25, 0.3) is 5.56 Å². The van der Waals surface area contributed by atoms with E-state index in [1.165, 1.54) is 16.7 Å². The number of methoxy groups -OCH3 is 1. The molecule has 3 aromatic heterocycles. The van der Waals surface area contributed by atoms with Crippen molar-refractivity contribution in [3.8, 4) is 11.4 Å². The zero-order valence-corrected chi connectivity index (χ0v) is 23.2. The monoisotopic (exact) mass is 566 g/mol. The van der Waals surface area contributed by atoms with E-state index in [-0.39, 0.29) is 17.4 Å². The summed E-state index contributed by atoms with van der Waals surface area (Å²) in [5.74, 6) is 0.942. The number of piperazine rings is 1. The van der Waals surface area contributed by atoms with E-state index in [0.29, 0.717) is 39.6 Å². The third-order valence-electron chi connectivity index (χ3n) is 7.20. The van der Waals surface area contributed by atoms with Crippen LogP contribution in [0.3, 0.4) is 0 Å². The van der Waals surface area contributed by atoms with Crippen LogP contribution >= 0.6 is 0 Å². The second kappa shape index (κ2) is 11.3. The summed E-state index contributed by atoms with van der Waals surface area (Å²) in [4.78, 5) is 41.2. The number of carbonyl (C=O) groups is 1. The van der Waals surface area contributed by atoms with Gasteiger partial charge in [-0.05, 0) is 43.5 Å². The highest BCUT2D eigenvalue weighted by Crippen LogP contribution is 2.32. The fraction of sp³-hybridized carbons (Fsp3) is 0.207. The molecule has 2 aromatic carbocycles. The van der Waals surface area contributed by atoms with Crippen molar-refractivity contribution in [1.29, 1.82) is 0 Å². The lowest BCUT2D eigenvalue weighted by Gasteiger charge is -2.35. The maximum atomic E-state index is 13.3. The molecular weight excluding hydrogens is 536 g/mol. The van der Waals surface area contributed by atoms with Crippen LogP contribution < -0.4 is 31.3 Å². The Hall–Kier alpha value is -5.27. The average molecular weight is 567 g/mol. The SMILES string of the molecule is C=CC(=O)Nc1cccc(-n2c3nc(Nc4ccc(N5CCN(NC)CC5)cc4OC)ncc3c(=O)n3ccnc23)c1. The molecule has 42 heavy (non-hydrogen) atoms. The molecular formula is C29H30N10O3. The maximum Gasteiger partial charge on any atom is 0.270 e. The Kier molecular flexibility index (Phi) is 7.25. The lowest BCUT2D eigenvalue weighted by molar-refractivity contribution is -0.111. The summed E-state index contributed by atoms with van der Waals surface area (Å²) in [5, 5.41) is 8.50. The highest BCUT2D eigenvalue weighted by atomic mass is 16.5. The minimum absolute atomic E-state index is 0.274. The van der Waals surface area contributed by atoms with E-state index in [1.54, 1.807) is 42.3 Å². The van der Waals surface area contributed by atoms with Gasteiger partial charge in [0.2, 0.25) is 17.6 Å². The number of hydrogen-bond donors (Lipinski definition) is 3. The van der Waals surface area contributed by atoms with E-state index in [9.17, 15) is 9.59 Å². The van der Waals surface area contributed by atoms with Gasteiger partial charge in [0, 0.05) is 62.2 Å². The maximum absolute atomic E-state index is 13.3. The number of benzene rings is 2. The predicted octanol–water partition coefficient (Wildman–Crippen LogP) is 2.56. The second-order valence-corrected chi connectivity index (χ2v) is 9.62. The van der Waals surface area contributed by atoms with Gasteiger partial charge in [-0.25, -0.2) is 15.0 Å². The van der Waals surface area contributed by atoms with Gasteiger partial charge in [-0.15, -0.1) is 0 Å². The van der Waals surface area contributed by atoms with Crippen LogP contribution in [0.2, 0.25) is 0 Å². The van der Waals surface area contributed by atoms with Gasteiger partial charge in [-0.3, -0.25) is 24.0 Å². The van der Waals surface area contributed by atoms with E-state index in [0.717, 1.165) is 31.9 Å². The number of nitrogens with one attached hydrogen (secondary N) is 3. The fourth-order valence-corrected chi connectivity index (χ4v) is 5.04. The number of imidazole rings is 1. The number of hydrazine groups is 1. The molecule has 1 aliphatic heterocycles. The average Bonchev–Trinajstić information content (AvgIpc) is 3.51. The molecule has 0 aliphatic carbocycles. The lowest BCUT2D eigenvalue weighted by Crippen LogP contribution is -2.50. The van der Waals surface area contributed by atoms with Gasteiger partial charge in [0.05, 0.1) is 18.5 Å². The third-order valence-corrected chi connectivity index (χ3v) is 7.20. The van der Waals surface area contributed by atoms with Crippen molar-refractivity contribution < 1.29 is 9.53 Å². The Labute approximate surface area is 241 Å². The molecule has 0 radical (unpaired) electrons. The predicted molar refractivity (Wildman–Crippen MR) is 162 cm³/mol. The number of anilines is 4. The molecule has 13 nitrogen and oxygen atoms in total. The Morgan fingerprint density at radius 2 is 1.90 bits per heavy atom. The summed E-state index contributed by atoms with van der Waals surface area (Å²) in [6.45, 7) is 7.12. The van der Waals surface area contributed by atoms with Gasteiger partial charge in [0.15, 0.2) is 5.65 Å². The van der Waals surface area contributed by atoms with Crippen molar-refractivity contribution >= 4 is 45.7 Å². The van der Waals surface area contributed by atoms with E-state index in [2.05, 4.69) is 42.5 Å². The fourth-order valence-electron chi connectivity index (χ4n) is 5.04. The third kappa shape index (κ3) is 5.02. The molecule has 1 amide bonds. The first-order valence-corrected chi connectivity index (χ1v) is 13.4. The standard InChI is InChI=1S/C29H30N10O3/c1-4-25(40)33-19-6-5-7-21(16-19)39-26-22(27(41)38-11-10-31-29(38)39)18-32-28(35-26)34-23-9-8-20(17-24(23)42-3)36-12-14-37(30-2)15-13-36/h4-11,16-18,30H,1,12-15H2,2-3H3,(H,33,40)(H,32,34,35). The number of carbonyl (C=O) groups excluding carboxylic acids is 1. The Morgan fingerprint density at radius 3 is 2.67 bits per heavy atom. The lowest BCUT2D eigenvalue weighted by atomic mass is 10.2. The summed E-state index contributed by atoms with van der Waals surface area (Å²) in [6, 6.07) is 13.1. The minimum Gasteiger partial charge on any atom is -0.494 e. The molecule has 0 atom stereocenters. The van der Waals surface area contributed by atoms with Crippen LogP contribution in [-0.4, -0.2) is 75.2 Å². The number of nitrogens with zero attached hydrogens (tertiary/aromatic N) is 7. The summed E-state index contributed by atoms with van der Waals surface area (Å²) in [5.41, 5.74) is 6.19. The van der Waals surface area contributed by atoms with Crippen molar-refractivity contribution in [2.75, 3.05) is 55.9 Å². The Morgan fingerprint density at radius 1 is 1.07 bits per heavy atom. The molecule has 1 aliphatic rings. The number of aromatic nitrogens is 5. The number of rotatable bonds is 8. The highest BCUT2D eigenvalue weighted by molar-refractivity contribution is 5.99. The van der Waals surface area contributed by atoms with Crippen molar-refractivity contribution in [2.24, 2.45) is 0 Å². The topological polar surface area (TPSA) is 134 Å². The van der Waals surface area contributed by atoms with Crippen LogP contribution in [0.25, 0.3) is 22.5 Å². The van der Waals surface area contributed by atoms with Crippen LogP contribution in [0, 0.1) is 0 Å². The molecule has 3 N–H and O–H groups in total. The summed E-state index contributed by atoms with van der Waals surface area (Å²) in [6.07, 6.45) is 5.83. The van der Waals surface area contributed by atoms with Gasteiger partial charge < -0.3 is 20.3 Å². The van der Waals surface area contributed by atoms with Gasteiger partial charge in [-0.2, -0.15) is 4.98 Å². The van der Waals surface area contributed by atoms with Crippen molar-refractivity contribution in [2.45, 2.75) is 0 Å². The molecule has 214 valence electrons. The largest absolute Gasteiger partial charge is 0.494 e. The Balaban J connectivity index is 1.39. The molecule has 6 rings (SSSR count). The highest BCUT2D eigenvalue weighted by Gasteiger charge is 2.19. The zero-order chi connectivity index (χ0) is 29.2. The number of fused-ring (bicyclic) bond motifs is 2. The first kappa shape index (κ1) is 26.9. The molecule has 5 aromatic rings. The molecule has 0 saturated carbocycles. The normalized spacial score (nSPS) is 13.8. The van der Waals surface area contributed by atoms with Crippen molar-refractivity contribution in [3.05, 3.63) is 84.1 Å². The van der Waals surface area contributed by atoms with Gasteiger partial charge in [0.1, 0.15) is 11.1 Å². The van der Waals surface area contributed by atoms with Crippen LogP contribution in [0.1, 0.15) is 0 Å². The molecule has 0 spiro atoms. The van der Waals surface area contributed by atoms with Crippen LogP contribution in [0.5, 0.6) is 5.75 Å². The molecule has 1 saturated heterocycles. The molecule has 1 fully saturated rings. The van der Waals surface area contributed by atoms with E-state index in [4.69, 9.17) is 9.72 Å². The van der Waals surface area contributed by atoms with Crippen LogP contribution in [-0.2, 0) is 4.79 Å². The molecule has 0 bridgehead atoms. The quantitative estimate of drug-likeness (QED) is 0.241. The van der Waals surface area contributed by atoms with Crippen LogP contribution in [0.4, 0.5) is 23.0 Å². The second-order valence-electron chi connectivity index (χ2n) is 9.62. The molecule has 13 heteroatoms. The molecule has 4 heterocycles. The van der Waals surface area contributed by atoms with Gasteiger partial charge >= 0.3 is 0 Å². The zero-order valence-electron chi connectivity index (χ0n) is 23.2. The molecule has 0 unspecified atom stereocenters. The number of ether oxygens (including phenoxy) is 1. The minimum atomic E-state index is -0.336.